The predicted molar refractivity (Wildman–Crippen MR) is 74.4 cm³/mol. The zero-order valence-corrected chi connectivity index (χ0v) is 11.7. The summed E-state index contributed by atoms with van der Waals surface area (Å²) in [7, 11) is 0. The number of nitrogens with zero attached hydrogens (tertiary/aromatic N) is 3. The van der Waals surface area contributed by atoms with Crippen LogP contribution in [0.2, 0.25) is 0 Å². The molecule has 1 aliphatic rings. The van der Waals surface area contributed by atoms with Gasteiger partial charge in [0.15, 0.2) is 5.82 Å². The average molecular weight is 300 g/mol. The third-order valence-electron chi connectivity index (χ3n) is 3.70. The number of rotatable bonds is 3. The topological polar surface area (TPSA) is 77.0 Å². The van der Waals surface area contributed by atoms with Crippen LogP contribution in [0.25, 0.3) is 11.5 Å². The summed E-state index contributed by atoms with van der Waals surface area (Å²) in [6.45, 7) is 1.58. The number of fused-ring (bicyclic) bond motifs is 1. The molecule has 0 saturated heterocycles. The van der Waals surface area contributed by atoms with E-state index >= 15 is 0 Å². The number of hydrogen-bond donors (Lipinski definition) is 1. The fourth-order valence-electron chi connectivity index (χ4n) is 2.59. The van der Waals surface area contributed by atoms with Gasteiger partial charge in [0.1, 0.15) is 11.6 Å². The van der Waals surface area contributed by atoms with Crippen LogP contribution in [-0.4, -0.2) is 21.8 Å². The molecule has 7 heteroatoms. The Morgan fingerprint density at radius 1 is 1.23 bits per heavy atom. The average Bonchev–Trinajstić information content (AvgIpc) is 3.19. The molecule has 3 heterocycles. The van der Waals surface area contributed by atoms with Gasteiger partial charge < -0.3 is 14.4 Å². The molecule has 0 spiro atoms. The first-order chi connectivity index (χ1) is 10.8. The lowest BCUT2D eigenvalue weighted by Crippen LogP contribution is -2.23. The van der Waals surface area contributed by atoms with Gasteiger partial charge >= 0.3 is 0 Å². The highest BCUT2D eigenvalue weighted by Crippen LogP contribution is 2.27. The first-order valence-electron chi connectivity index (χ1n) is 7.04. The van der Waals surface area contributed by atoms with Crippen LogP contribution in [0.3, 0.4) is 0 Å². The molecule has 0 fully saturated rings. The Bertz CT molecular complexity index is 798. The maximum atomic E-state index is 14.3. The fourth-order valence-corrected chi connectivity index (χ4v) is 2.59. The summed E-state index contributed by atoms with van der Waals surface area (Å²) >= 11 is 0. The fraction of sp³-hybridized carbons (Fsp3) is 0.267. The molecule has 1 aliphatic heterocycles. The highest BCUT2D eigenvalue weighted by molar-refractivity contribution is 5.57. The molecule has 22 heavy (non-hydrogen) atoms. The Morgan fingerprint density at radius 3 is 3.05 bits per heavy atom. The lowest BCUT2D eigenvalue weighted by atomic mass is 9.98. The van der Waals surface area contributed by atoms with Crippen molar-refractivity contribution in [1.29, 1.82) is 0 Å². The molecule has 1 aromatic carbocycles. The van der Waals surface area contributed by atoms with Gasteiger partial charge in [0, 0.05) is 12.6 Å². The Labute approximate surface area is 125 Å². The minimum Gasteiger partial charge on any atom is -0.361 e. The van der Waals surface area contributed by atoms with E-state index in [1.807, 2.05) is 0 Å². The maximum Gasteiger partial charge on any atom is 0.260 e. The molecule has 6 nitrogen and oxygen atoms in total. The van der Waals surface area contributed by atoms with E-state index in [0.717, 1.165) is 24.1 Å². The van der Waals surface area contributed by atoms with Crippen LogP contribution in [0.5, 0.6) is 0 Å². The summed E-state index contributed by atoms with van der Waals surface area (Å²) in [5, 5.41) is 10.7. The first kappa shape index (κ1) is 13.1. The molecule has 0 radical (unpaired) electrons. The van der Waals surface area contributed by atoms with Crippen molar-refractivity contribution in [1.82, 2.24) is 20.6 Å². The van der Waals surface area contributed by atoms with Crippen LogP contribution < -0.4 is 5.32 Å². The van der Waals surface area contributed by atoms with E-state index in [9.17, 15) is 4.39 Å². The maximum absolute atomic E-state index is 14.3. The smallest absolute Gasteiger partial charge is 0.260 e. The van der Waals surface area contributed by atoms with Gasteiger partial charge in [-0.15, -0.1) is 0 Å². The number of nitrogens with one attached hydrogen (secondary N) is 1. The molecule has 3 aromatic rings. The molecule has 112 valence electrons. The summed E-state index contributed by atoms with van der Waals surface area (Å²) in [4.78, 5) is 4.24. The van der Waals surface area contributed by atoms with Crippen LogP contribution in [0.4, 0.5) is 4.39 Å². The van der Waals surface area contributed by atoms with Crippen molar-refractivity contribution in [2.45, 2.75) is 19.4 Å². The van der Waals surface area contributed by atoms with Crippen LogP contribution in [0.1, 0.15) is 22.7 Å². The van der Waals surface area contributed by atoms with E-state index in [1.54, 1.807) is 18.3 Å². The van der Waals surface area contributed by atoms with E-state index in [-0.39, 0.29) is 11.7 Å². The normalized spacial score (nSPS) is 14.0. The van der Waals surface area contributed by atoms with Gasteiger partial charge in [-0.05, 0) is 36.2 Å². The summed E-state index contributed by atoms with van der Waals surface area (Å²) in [6, 6.07) is 5.07. The molecule has 0 atom stereocenters. The molecule has 0 bridgehead atoms. The third-order valence-corrected chi connectivity index (χ3v) is 3.70. The summed E-state index contributed by atoms with van der Waals surface area (Å²) in [5.74, 6) is 0.903. The van der Waals surface area contributed by atoms with Crippen LogP contribution in [0, 0.1) is 5.82 Å². The largest absolute Gasteiger partial charge is 0.361 e. The zero-order valence-electron chi connectivity index (χ0n) is 11.7. The molecular weight excluding hydrogens is 287 g/mol. The van der Waals surface area contributed by atoms with Crippen molar-refractivity contribution >= 4 is 0 Å². The highest BCUT2D eigenvalue weighted by atomic mass is 19.1. The standard InChI is InChI=1S/C15H13FN4O2/c16-13-6-10-8-17-3-1-9(10)5-12(13)15-19-14(20-22-15)7-11-2-4-18-21-11/h2,4-6,17H,1,3,7-8H2. The highest BCUT2D eigenvalue weighted by Gasteiger charge is 2.18. The van der Waals surface area contributed by atoms with Crippen LogP contribution in [0.15, 0.2) is 33.4 Å². The summed E-state index contributed by atoms with van der Waals surface area (Å²) in [5.41, 5.74) is 2.44. The minimum atomic E-state index is -0.350. The SMILES string of the molecule is Fc1cc2c(cc1-c1nc(Cc3ccno3)no1)CCNC2. The molecule has 4 rings (SSSR count). The number of benzene rings is 1. The molecule has 0 unspecified atom stereocenters. The quantitative estimate of drug-likeness (QED) is 0.798. The zero-order chi connectivity index (χ0) is 14.9. The second-order valence-corrected chi connectivity index (χ2v) is 5.20. The number of halogens is 1. The van der Waals surface area contributed by atoms with Gasteiger partial charge in [0.2, 0.25) is 0 Å². The first-order valence-corrected chi connectivity index (χ1v) is 7.04. The monoisotopic (exact) mass is 300 g/mol. The van der Waals surface area contributed by atoms with Gasteiger partial charge in [-0.2, -0.15) is 4.98 Å². The van der Waals surface area contributed by atoms with Crippen molar-refractivity contribution in [3.05, 3.63) is 52.9 Å². The van der Waals surface area contributed by atoms with Crippen LogP contribution >= 0.6 is 0 Å². The van der Waals surface area contributed by atoms with Crippen molar-refractivity contribution in [2.75, 3.05) is 6.54 Å². The Balaban J connectivity index is 1.66. The van der Waals surface area contributed by atoms with E-state index in [1.165, 1.54) is 6.07 Å². The van der Waals surface area contributed by atoms with E-state index in [2.05, 4.69) is 20.6 Å². The molecular formula is C15H13FN4O2. The van der Waals surface area contributed by atoms with E-state index in [4.69, 9.17) is 9.05 Å². The predicted octanol–water partition coefficient (Wildman–Crippen LogP) is 2.10. The molecule has 1 N–H and O–H groups in total. The molecule has 0 amide bonds. The van der Waals surface area contributed by atoms with Crippen molar-refractivity contribution in [3.63, 3.8) is 0 Å². The Kier molecular flexibility index (Phi) is 3.19. The second kappa shape index (κ2) is 5.34. The van der Waals surface area contributed by atoms with E-state index < -0.39 is 0 Å². The van der Waals surface area contributed by atoms with Crippen LogP contribution in [-0.2, 0) is 19.4 Å². The summed E-state index contributed by atoms with van der Waals surface area (Å²) in [6.07, 6.45) is 2.77. The third kappa shape index (κ3) is 2.39. The summed E-state index contributed by atoms with van der Waals surface area (Å²) < 4.78 is 24.5. The number of aromatic nitrogens is 3. The second-order valence-electron chi connectivity index (χ2n) is 5.20. The van der Waals surface area contributed by atoms with E-state index in [0.29, 0.717) is 30.1 Å². The Hall–Kier alpha value is -2.54. The Morgan fingerprint density at radius 2 is 2.18 bits per heavy atom. The lowest BCUT2D eigenvalue weighted by molar-refractivity contribution is 0.382. The van der Waals surface area contributed by atoms with Gasteiger partial charge in [-0.3, -0.25) is 0 Å². The van der Waals surface area contributed by atoms with Crippen molar-refractivity contribution in [2.24, 2.45) is 0 Å². The minimum absolute atomic E-state index is 0.188. The van der Waals surface area contributed by atoms with Crippen molar-refractivity contribution in [3.8, 4) is 11.5 Å². The molecule has 0 saturated carbocycles. The van der Waals surface area contributed by atoms with Gasteiger partial charge in [0.25, 0.3) is 5.89 Å². The van der Waals surface area contributed by atoms with Gasteiger partial charge in [0.05, 0.1) is 18.2 Å². The van der Waals surface area contributed by atoms with Crippen molar-refractivity contribution < 1.29 is 13.4 Å². The molecule has 2 aromatic heterocycles. The lowest BCUT2D eigenvalue weighted by Gasteiger charge is -2.17. The van der Waals surface area contributed by atoms with Gasteiger partial charge in [-0.1, -0.05) is 10.3 Å². The molecule has 0 aliphatic carbocycles. The van der Waals surface area contributed by atoms with Gasteiger partial charge in [-0.25, -0.2) is 4.39 Å². The number of hydrogen-bond acceptors (Lipinski definition) is 6.